The number of aliphatic carboxylic acids is 1. The Morgan fingerprint density at radius 3 is 2.78 bits per heavy atom. The van der Waals surface area contributed by atoms with E-state index in [0.29, 0.717) is 18.5 Å². The number of hydrogen-bond acceptors (Lipinski definition) is 3. The van der Waals surface area contributed by atoms with Crippen molar-refractivity contribution in [2.24, 2.45) is 5.73 Å². The first-order valence-corrected chi connectivity index (χ1v) is 5.46. The van der Waals surface area contributed by atoms with E-state index in [-0.39, 0.29) is 42.0 Å². The standard InChI is InChI=1S/C12H14N2O3.Na/c13-9-6-5-8-3-1-2-4-10(8)14(12(9)17)7-11(15)16;/h1-4,9H,5-7,13H2,(H,15,16);/t9-;/m0./s1. The molecule has 5 nitrogen and oxygen atoms in total. The van der Waals surface area contributed by atoms with E-state index in [2.05, 4.69) is 0 Å². The number of amides is 1. The van der Waals surface area contributed by atoms with Crippen LogP contribution in [0.25, 0.3) is 0 Å². The number of nitrogens with zero attached hydrogens (tertiary/aromatic N) is 1. The Bertz CT molecular complexity index is 464. The molecule has 91 valence electrons. The van der Waals surface area contributed by atoms with Crippen molar-refractivity contribution in [1.29, 1.82) is 0 Å². The number of carbonyl (C=O) groups is 2. The van der Waals surface area contributed by atoms with Crippen molar-refractivity contribution in [2.75, 3.05) is 11.4 Å². The minimum absolute atomic E-state index is 0. The first kappa shape index (κ1) is 15.2. The fourth-order valence-electron chi connectivity index (χ4n) is 2.04. The Kier molecular flexibility index (Phi) is 5.34. The predicted octanol–water partition coefficient (Wildman–Crippen LogP) is -0.00310. The maximum atomic E-state index is 12.0. The van der Waals surface area contributed by atoms with E-state index in [0.717, 1.165) is 5.56 Å². The molecule has 0 spiro atoms. The number of nitrogens with two attached hydrogens (primary N) is 1. The molecule has 0 aromatic heterocycles. The van der Waals surface area contributed by atoms with Crippen molar-refractivity contribution in [3.8, 4) is 0 Å². The van der Waals surface area contributed by atoms with Crippen LogP contribution in [0.5, 0.6) is 0 Å². The number of para-hydroxylation sites is 1. The van der Waals surface area contributed by atoms with Crippen LogP contribution in [0.2, 0.25) is 0 Å². The van der Waals surface area contributed by atoms with E-state index in [1.807, 2.05) is 12.1 Å². The molecular formula is C12H14N2NaO3. The van der Waals surface area contributed by atoms with Crippen LogP contribution in [-0.2, 0) is 16.0 Å². The Hall–Kier alpha value is -0.880. The summed E-state index contributed by atoms with van der Waals surface area (Å²) in [6.07, 6.45) is 1.24. The molecule has 0 bridgehead atoms. The normalized spacial score (nSPS) is 18.6. The van der Waals surface area contributed by atoms with Crippen molar-refractivity contribution in [1.82, 2.24) is 0 Å². The van der Waals surface area contributed by atoms with E-state index < -0.39 is 12.0 Å². The van der Waals surface area contributed by atoms with Gasteiger partial charge in [0.1, 0.15) is 6.54 Å². The zero-order chi connectivity index (χ0) is 12.4. The molecule has 3 N–H and O–H groups in total. The number of carboxylic acids is 1. The second-order valence-corrected chi connectivity index (χ2v) is 4.09. The van der Waals surface area contributed by atoms with Crippen molar-refractivity contribution < 1.29 is 14.7 Å². The fourth-order valence-corrected chi connectivity index (χ4v) is 2.04. The van der Waals surface area contributed by atoms with Gasteiger partial charge < -0.3 is 10.8 Å². The van der Waals surface area contributed by atoms with Crippen molar-refractivity contribution in [3.63, 3.8) is 0 Å². The molecule has 0 fully saturated rings. The largest absolute Gasteiger partial charge is 0.480 e. The van der Waals surface area contributed by atoms with Crippen LogP contribution < -0.4 is 10.6 Å². The summed E-state index contributed by atoms with van der Waals surface area (Å²) in [5, 5.41) is 8.85. The first-order valence-electron chi connectivity index (χ1n) is 5.46. The molecule has 1 aliphatic heterocycles. The topological polar surface area (TPSA) is 83.6 Å². The third-order valence-corrected chi connectivity index (χ3v) is 2.88. The van der Waals surface area contributed by atoms with Crippen LogP contribution in [0, 0.1) is 0 Å². The van der Waals surface area contributed by atoms with Crippen LogP contribution >= 0.6 is 0 Å². The third kappa shape index (κ3) is 3.11. The summed E-state index contributed by atoms with van der Waals surface area (Å²) in [7, 11) is 0. The van der Waals surface area contributed by atoms with Gasteiger partial charge >= 0.3 is 5.97 Å². The summed E-state index contributed by atoms with van der Waals surface area (Å²) in [5.74, 6) is -1.36. The van der Waals surface area contributed by atoms with Gasteiger partial charge in [-0.2, -0.15) is 0 Å². The van der Waals surface area contributed by atoms with E-state index >= 15 is 0 Å². The number of carboxylic acid groups (broad SMARTS) is 1. The SMILES string of the molecule is N[C@H]1CCc2ccccc2N(CC(=O)O)C1=O.[Na]. The molecule has 2 rings (SSSR count). The molecule has 1 heterocycles. The Morgan fingerprint density at radius 1 is 1.44 bits per heavy atom. The molecule has 1 radical (unpaired) electrons. The molecule has 0 saturated heterocycles. The fraction of sp³-hybridized carbons (Fsp3) is 0.333. The van der Waals surface area contributed by atoms with Gasteiger partial charge in [0.25, 0.3) is 0 Å². The van der Waals surface area contributed by atoms with Gasteiger partial charge in [0.05, 0.1) is 6.04 Å². The summed E-state index contributed by atoms with van der Waals surface area (Å²) in [6.45, 7) is -0.344. The predicted molar refractivity (Wildman–Crippen MR) is 68.5 cm³/mol. The Labute approximate surface area is 127 Å². The zero-order valence-electron chi connectivity index (χ0n) is 10.3. The summed E-state index contributed by atoms with van der Waals surface area (Å²) < 4.78 is 0. The molecule has 1 aromatic rings. The molecule has 18 heavy (non-hydrogen) atoms. The van der Waals surface area contributed by atoms with Gasteiger partial charge in [-0.1, -0.05) is 18.2 Å². The second kappa shape index (κ2) is 6.33. The van der Waals surface area contributed by atoms with Gasteiger partial charge in [0.15, 0.2) is 0 Å². The number of hydrogen-bond donors (Lipinski definition) is 2. The van der Waals surface area contributed by atoms with Gasteiger partial charge in [0, 0.05) is 35.2 Å². The van der Waals surface area contributed by atoms with E-state index in [1.54, 1.807) is 12.1 Å². The molecule has 1 atom stereocenters. The molecule has 1 amide bonds. The Balaban J connectivity index is 0.00000162. The van der Waals surface area contributed by atoms with Crippen LogP contribution in [-0.4, -0.2) is 59.1 Å². The van der Waals surface area contributed by atoms with E-state index in [4.69, 9.17) is 10.8 Å². The number of fused-ring (bicyclic) bond motifs is 1. The number of benzene rings is 1. The number of aryl methyl sites for hydroxylation is 1. The van der Waals surface area contributed by atoms with Gasteiger partial charge in [-0.15, -0.1) is 0 Å². The Morgan fingerprint density at radius 2 is 2.11 bits per heavy atom. The van der Waals surface area contributed by atoms with Gasteiger partial charge in [-0.25, -0.2) is 0 Å². The number of rotatable bonds is 2. The van der Waals surface area contributed by atoms with E-state index in [9.17, 15) is 9.59 Å². The number of carbonyl (C=O) groups excluding carboxylic acids is 1. The maximum absolute atomic E-state index is 12.0. The van der Waals surface area contributed by atoms with Crippen molar-refractivity contribution in [3.05, 3.63) is 29.8 Å². The summed E-state index contributed by atoms with van der Waals surface area (Å²) in [4.78, 5) is 24.0. The van der Waals surface area contributed by atoms with Crippen LogP contribution in [0.1, 0.15) is 12.0 Å². The minimum atomic E-state index is -1.04. The molecule has 0 unspecified atom stereocenters. The van der Waals surface area contributed by atoms with Crippen LogP contribution in [0.3, 0.4) is 0 Å². The minimum Gasteiger partial charge on any atom is -0.480 e. The smallest absolute Gasteiger partial charge is 0.323 e. The second-order valence-electron chi connectivity index (χ2n) is 4.09. The molecule has 0 aliphatic carbocycles. The summed E-state index contributed by atoms with van der Waals surface area (Å²) in [5.41, 5.74) is 7.37. The van der Waals surface area contributed by atoms with Gasteiger partial charge in [-0.05, 0) is 24.5 Å². The monoisotopic (exact) mass is 257 g/mol. The van der Waals surface area contributed by atoms with Gasteiger partial charge in [-0.3, -0.25) is 14.5 Å². The molecule has 6 heteroatoms. The molecule has 0 saturated carbocycles. The molecule has 1 aromatic carbocycles. The summed E-state index contributed by atoms with van der Waals surface area (Å²) in [6, 6.07) is 6.70. The zero-order valence-corrected chi connectivity index (χ0v) is 12.3. The van der Waals surface area contributed by atoms with Crippen molar-refractivity contribution in [2.45, 2.75) is 18.9 Å². The van der Waals surface area contributed by atoms with E-state index in [1.165, 1.54) is 4.90 Å². The maximum Gasteiger partial charge on any atom is 0.323 e. The number of anilines is 1. The quantitative estimate of drug-likeness (QED) is 0.730. The van der Waals surface area contributed by atoms with Crippen LogP contribution in [0.4, 0.5) is 5.69 Å². The molecule has 1 aliphatic rings. The summed E-state index contributed by atoms with van der Waals surface area (Å²) >= 11 is 0. The van der Waals surface area contributed by atoms with Crippen LogP contribution in [0.15, 0.2) is 24.3 Å². The molecular weight excluding hydrogens is 243 g/mol. The average Bonchev–Trinajstić information content (AvgIpc) is 2.42. The third-order valence-electron chi connectivity index (χ3n) is 2.88. The van der Waals surface area contributed by atoms with Gasteiger partial charge in [0.2, 0.25) is 5.91 Å². The first-order chi connectivity index (χ1) is 8.09. The van der Waals surface area contributed by atoms with Crippen molar-refractivity contribution >= 4 is 47.1 Å². The average molecular weight is 257 g/mol.